The molecular formula is C17H18N2O5S. The molecule has 25 heavy (non-hydrogen) atoms. The highest BCUT2D eigenvalue weighted by molar-refractivity contribution is 7.89. The highest BCUT2D eigenvalue weighted by Gasteiger charge is 2.37. The highest BCUT2D eigenvalue weighted by Crippen LogP contribution is 2.32. The van der Waals surface area contributed by atoms with Crippen molar-refractivity contribution in [2.45, 2.75) is 11.3 Å². The predicted octanol–water partition coefficient (Wildman–Crippen LogP) is 1.99. The number of hydrogen-bond donors (Lipinski definition) is 2. The molecule has 3 rings (SSSR count). The minimum Gasteiger partial charge on any atom is -0.456 e. The number of nitrogens with zero attached hydrogens (tertiary/aromatic N) is 1. The SMILES string of the molecule is O=C(NO)C1CCN(S(=O)(=O)c2ccccc2Oc2ccccc2)C1. The molecule has 1 aliphatic heterocycles. The van der Waals surface area contributed by atoms with Gasteiger partial charge in [0.25, 0.3) is 0 Å². The maximum atomic E-state index is 13.0. The number of nitrogens with one attached hydrogen (secondary N) is 1. The smallest absolute Gasteiger partial charge is 0.247 e. The van der Waals surface area contributed by atoms with Crippen molar-refractivity contribution in [1.29, 1.82) is 0 Å². The minimum absolute atomic E-state index is 0.0222. The van der Waals surface area contributed by atoms with Gasteiger partial charge in [-0.15, -0.1) is 0 Å². The molecule has 1 fully saturated rings. The minimum atomic E-state index is -3.82. The van der Waals surface area contributed by atoms with Crippen LogP contribution in [0.2, 0.25) is 0 Å². The van der Waals surface area contributed by atoms with Crippen LogP contribution in [0.25, 0.3) is 0 Å². The number of para-hydroxylation sites is 2. The van der Waals surface area contributed by atoms with E-state index in [1.54, 1.807) is 47.9 Å². The van der Waals surface area contributed by atoms with Crippen molar-refractivity contribution < 1.29 is 23.2 Å². The number of hydrogen-bond acceptors (Lipinski definition) is 5. The average molecular weight is 362 g/mol. The van der Waals surface area contributed by atoms with Crippen LogP contribution in [0, 0.1) is 5.92 Å². The van der Waals surface area contributed by atoms with Crippen LogP contribution in [-0.4, -0.2) is 36.9 Å². The molecule has 1 saturated heterocycles. The lowest BCUT2D eigenvalue weighted by Gasteiger charge is -2.18. The van der Waals surface area contributed by atoms with Crippen molar-refractivity contribution in [3.8, 4) is 11.5 Å². The second kappa shape index (κ2) is 7.22. The van der Waals surface area contributed by atoms with Crippen LogP contribution in [0.4, 0.5) is 0 Å². The molecule has 0 bridgehead atoms. The first-order chi connectivity index (χ1) is 12.0. The Balaban J connectivity index is 1.87. The molecule has 0 aromatic heterocycles. The zero-order valence-electron chi connectivity index (χ0n) is 13.3. The molecule has 2 N–H and O–H groups in total. The van der Waals surface area contributed by atoms with Crippen LogP contribution >= 0.6 is 0 Å². The summed E-state index contributed by atoms with van der Waals surface area (Å²) in [5.41, 5.74) is 1.58. The van der Waals surface area contributed by atoms with Gasteiger partial charge in [0.2, 0.25) is 15.9 Å². The molecular weight excluding hydrogens is 344 g/mol. The van der Waals surface area contributed by atoms with Gasteiger partial charge in [0.15, 0.2) is 0 Å². The van der Waals surface area contributed by atoms with Crippen molar-refractivity contribution in [1.82, 2.24) is 9.79 Å². The van der Waals surface area contributed by atoms with Gasteiger partial charge in [0.1, 0.15) is 16.4 Å². The van der Waals surface area contributed by atoms with Crippen molar-refractivity contribution in [2.75, 3.05) is 13.1 Å². The fourth-order valence-electron chi connectivity index (χ4n) is 2.75. The Hall–Kier alpha value is -2.42. The molecule has 1 amide bonds. The van der Waals surface area contributed by atoms with Crippen LogP contribution in [0.5, 0.6) is 11.5 Å². The number of hydroxylamine groups is 1. The van der Waals surface area contributed by atoms with E-state index in [1.165, 1.54) is 10.4 Å². The Morgan fingerprint density at radius 1 is 1.12 bits per heavy atom. The number of benzene rings is 2. The number of carbonyl (C=O) groups excluding carboxylic acids is 1. The topological polar surface area (TPSA) is 95.9 Å². The largest absolute Gasteiger partial charge is 0.456 e. The molecule has 0 saturated carbocycles. The standard InChI is InChI=1S/C17H18N2O5S/c20-17(18-21)13-10-11-19(12-13)25(22,23)16-9-5-4-8-15(16)24-14-6-2-1-3-7-14/h1-9,13,21H,10-12H2,(H,18,20). The predicted molar refractivity (Wildman–Crippen MR) is 89.8 cm³/mol. The maximum Gasteiger partial charge on any atom is 0.247 e. The van der Waals surface area contributed by atoms with E-state index in [9.17, 15) is 13.2 Å². The summed E-state index contributed by atoms with van der Waals surface area (Å²) in [5.74, 6) is -0.388. The number of sulfonamides is 1. The van der Waals surface area contributed by atoms with E-state index in [4.69, 9.17) is 9.94 Å². The molecule has 1 unspecified atom stereocenters. The number of carbonyl (C=O) groups is 1. The van der Waals surface area contributed by atoms with Gasteiger partial charge >= 0.3 is 0 Å². The summed E-state index contributed by atoms with van der Waals surface area (Å²) in [4.78, 5) is 11.6. The zero-order valence-corrected chi connectivity index (χ0v) is 14.1. The monoisotopic (exact) mass is 362 g/mol. The lowest BCUT2D eigenvalue weighted by Crippen LogP contribution is -2.33. The highest BCUT2D eigenvalue weighted by atomic mass is 32.2. The molecule has 2 aromatic carbocycles. The van der Waals surface area contributed by atoms with Gasteiger partial charge < -0.3 is 4.74 Å². The number of amides is 1. The van der Waals surface area contributed by atoms with Crippen LogP contribution in [0.1, 0.15) is 6.42 Å². The van der Waals surface area contributed by atoms with E-state index in [2.05, 4.69) is 0 Å². The molecule has 1 atom stereocenters. The van der Waals surface area contributed by atoms with E-state index in [0.29, 0.717) is 12.2 Å². The van der Waals surface area contributed by atoms with E-state index in [0.717, 1.165) is 0 Å². The maximum absolute atomic E-state index is 13.0. The summed E-state index contributed by atoms with van der Waals surface area (Å²) in [6, 6.07) is 15.3. The Bertz CT molecular complexity index is 854. The second-order valence-corrected chi connectivity index (χ2v) is 7.59. The second-order valence-electron chi connectivity index (χ2n) is 5.69. The van der Waals surface area contributed by atoms with Gasteiger partial charge in [-0.2, -0.15) is 4.31 Å². The molecule has 0 aliphatic carbocycles. The molecule has 132 valence electrons. The van der Waals surface area contributed by atoms with Crippen molar-refractivity contribution in [3.05, 3.63) is 54.6 Å². The van der Waals surface area contributed by atoms with Crippen LogP contribution in [0.3, 0.4) is 0 Å². The van der Waals surface area contributed by atoms with Gasteiger partial charge in [-0.05, 0) is 30.7 Å². The normalized spacial score (nSPS) is 18.0. The molecule has 2 aromatic rings. The molecule has 0 radical (unpaired) electrons. The Kier molecular flexibility index (Phi) is 5.03. The summed E-state index contributed by atoms with van der Waals surface area (Å²) in [5, 5.41) is 8.72. The Morgan fingerprint density at radius 2 is 1.80 bits per heavy atom. The average Bonchev–Trinajstić information content (AvgIpc) is 3.13. The fraction of sp³-hybridized carbons (Fsp3) is 0.235. The summed E-state index contributed by atoms with van der Waals surface area (Å²) in [7, 11) is -3.82. The first-order valence-electron chi connectivity index (χ1n) is 7.78. The van der Waals surface area contributed by atoms with E-state index in [-0.39, 0.29) is 23.7 Å². The van der Waals surface area contributed by atoms with Gasteiger partial charge in [0.05, 0.1) is 5.92 Å². The third-order valence-corrected chi connectivity index (χ3v) is 5.97. The summed E-state index contributed by atoms with van der Waals surface area (Å²) in [6.45, 7) is 0.231. The van der Waals surface area contributed by atoms with Gasteiger partial charge in [0, 0.05) is 13.1 Å². The third-order valence-electron chi connectivity index (χ3n) is 4.07. The van der Waals surface area contributed by atoms with E-state index in [1.807, 2.05) is 6.07 Å². The number of ether oxygens (including phenoxy) is 1. The third kappa shape index (κ3) is 3.65. The van der Waals surface area contributed by atoms with Crippen molar-refractivity contribution in [3.63, 3.8) is 0 Å². The summed E-state index contributed by atoms with van der Waals surface area (Å²) in [6.07, 6.45) is 0.354. The van der Waals surface area contributed by atoms with Crippen LogP contribution in [-0.2, 0) is 14.8 Å². The lowest BCUT2D eigenvalue weighted by molar-refractivity contribution is -0.132. The quantitative estimate of drug-likeness (QED) is 0.626. The summed E-state index contributed by atoms with van der Waals surface area (Å²) >= 11 is 0. The lowest BCUT2D eigenvalue weighted by atomic mass is 10.1. The van der Waals surface area contributed by atoms with Crippen LogP contribution in [0.15, 0.2) is 59.5 Å². The van der Waals surface area contributed by atoms with Gasteiger partial charge in [-0.3, -0.25) is 10.0 Å². The van der Waals surface area contributed by atoms with Gasteiger partial charge in [-0.25, -0.2) is 13.9 Å². The molecule has 7 nitrogen and oxygen atoms in total. The molecule has 1 aliphatic rings. The molecule has 0 spiro atoms. The number of rotatable bonds is 5. The van der Waals surface area contributed by atoms with Crippen molar-refractivity contribution >= 4 is 15.9 Å². The zero-order chi connectivity index (χ0) is 17.9. The molecule has 8 heteroatoms. The first kappa shape index (κ1) is 17.4. The van der Waals surface area contributed by atoms with Crippen LogP contribution < -0.4 is 10.2 Å². The Morgan fingerprint density at radius 3 is 2.52 bits per heavy atom. The fourth-order valence-corrected chi connectivity index (χ4v) is 4.37. The first-order valence-corrected chi connectivity index (χ1v) is 9.22. The molecule has 1 heterocycles. The van der Waals surface area contributed by atoms with Crippen molar-refractivity contribution in [2.24, 2.45) is 5.92 Å². The summed E-state index contributed by atoms with van der Waals surface area (Å²) < 4.78 is 32.9. The van der Waals surface area contributed by atoms with E-state index < -0.39 is 21.8 Å². The van der Waals surface area contributed by atoms with Gasteiger partial charge in [-0.1, -0.05) is 30.3 Å². The van der Waals surface area contributed by atoms with E-state index >= 15 is 0 Å². The Labute approximate surface area is 145 Å².